The van der Waals surface area contributed by atoms with Gasteiger partial charge < -0.3 is 11.1 Å². The summed E-state index contributed by atoms with van der Waals surface area (Å²) in [7, 11) is 2.21. The van der Waals surface area contributed by atoms with Crippen LogP contribution in [0.5, 0.6) is 0 Å². The van der Waals surface area contributed by atoms with Gasteiger partial charge in [0.25, 0.3) is 0 Å². The Morgan fingerprint density at radius 3 is 2.92 bits per heavy atom. The molecule has 3 N–H and O–H groups in total. The topological polar surface area (TPSA) is 41.3 Å². The van der Waals surface area contributed by atoms with Crippen molar-refractivity contribution in [3.05, 3.63) is 0 Å². The molecule has 1 spiro atoms. The lowest BCUT2D eigenvalue weighted by Crippen LogP contribution is -2.60. The van der Waals surface area contributed by atoms with E-state index in [1.54, 1.807) is 0 Å². The van der Waals surface area contributed by atoms with Gasteiger partial charge in [0.1, 0.15) is 0 Å². The fourth-order valence-electron chi connectivity index (χ4n) is 2.66. The monoisotopic (exact) mass is 169 g/mol. The Labute approximate surface area is 74.3 Å². The van der Waals surface area contributed by atoms with Gasteiger partial charge in [-0.25, -0.2) is 0 Å². The van der Waals surface area contributed by atoms with Crippen molar-refractivity contribution >= 4 is 0 Å². The van der Waals surface area contributed by atoms with E-state index in [9.17, 15) is 0 Å². The van der Waals surface area contributed by atoms with Crippen LogP contribution in [0.25, 0.3) is 0 Å². The van der Waals surface area contributed by atoms with E-state index in [0.717, 1.165) is 13.0 Å². The van der Waals surface area contributed by atoms with Crippen LogP contribution in [0.15, 0.2) is 0 Å². The normalized spacial score (nSPS) is 44.0. The first-order valence-electron chi connectivity index (χ1n) is 4.93. The zero-order chi connectivity index (χ0) is 8.60. The van der Waals surface area contributed by atoms with Crippen LogP contribution < -0.4 is 11.1 Å². The van der Waals surface area contributed by atoms with E-state index in [2.05, 4.69) is 17.3 Å². The molecule has 2 atom stereocenters. The minimum Gasteiger partial charge on any atom is -0.326 e. The van der Waals surface area contributed by atoms with Crippen molar-refractivity contribution in [3.8, 4) is 0 Å². The molecule has 2 aliphatic heterocycles. The third-order valence-corrected chi connectivity index (χ3v) is 3.62. The number of hydrogen-bond donors (Lipinski definition) is 2. The number of likely N-dealkylation sites (tertiary alicyclic amines) is 1. The highest BCUT2D eigenvalue weighted by molar-refractivity contribution is 5.06. The van der Waals surface area contributed by atoms with E-state index in [-0.39, 0.29) is 5.54 Å². The van der Waals surface area contributed by atoms with Crippen molar-refractivity contribution in [2.75, 3.05) is 26.7 Å². The molecule has 12 heavy (non-hydrogen) atoms. The highest BCUT2D eigenvalue weighted by Gasteiger charge is 2.45. The summed E-state index contributed by atoms with van der Waals surface area (Å²) in [5, 5.41) is 3.46. The van der Waals surface area contributed by atoms with Crippen molar-refractivity contribution in [2.24, 2.45) is 5.73 Å². The minimum absolute atomic E-state index is 0.290. The third-order valence-electron chi connectivity index (χ3n) is 3.62. The van der Waals surface area contributed by atoms with E-state index < -0.39 is 0 Å². The SMILES string of the molecule is CN1CCC(N)C12CCCNC2. The largest absolute Gasteiger partial charge is 0.326 e. The second-order valence-corrected chi connectivity index (χ2v) is 4.20. The molecule has 2 heterocycles. The van der Waals surface area contributed by atoms with Crippen LogP contribution in [-0.2, 0) is 0 Å². The summed E-state index contributed by atoms with van der Waals surface area (Å²) in [4.78, 5) is 2.45. The summed E-state index contributed by atoms with van der Waals surface area (Å²) < 4.78 is 0. The molecule has 70 valence electrons. The Morgan fingerprint density at radius 1 is 1.58 bits per heavy atom. The molecule has 2 rings (SSSR count). The average molecular weight is 169 g/mol. The standard InChI is InChI=1S/C9H19N3/c1-12-6-3-8(10)9(12)4-2-5-11-7-9/h8,11H,2-7,10H2,1H3. The first kappa shape index (κ1) is 8.48. The summed E-state index contributed by atoms with van der Waals surface area (Å²) in [6, 6.07) is 0.385. The van der Waals surface area contributed by atoms with Crippen LogP contribution >= 0.6 is 0 Å². The Kier molecular flexibility index (Phi) is 2.10. The van der Waals surface area contributed by atoms with Gasteiger partial charge in [0.05, 0.1) is 0 Å². The Hall–Kier alpha value is -0.120. The number of rotatable bonds is 0. The van der Waals surface area contributed by atoms with E-state index >= 15 is 0 Å². The van der Waals surface area contributed by atoms with Crippen molar-refractivity contribution in [3.63, 3.8) is 0 Å². The zero-order valence-corrected chi connectivity index (χ0v) is 7.84. The lowest BCUT2D eigenvalue weighted by molar-refractivity contribution is 0.120. The molecular weight excluding hydrogens is 150 g/mol. The molecule has 2 fully saturated rings. The third kappa shape index (κ3) is 1.08. The van der Waals surface area contributed by atoms with Gasteiger partial charge in [0.2, 0.25) is 0 Å². The first-order chi connectivity index (χ1) is 5.76. The molecule has 3 heteroatoms. The second kappa shape index (κ2) is 2.98. The van der Waals surface area contributed by atoms with Crippen LogP contribution in [0, 0.1) is 0 Å². The summed E-state index contributed by atoms with van der Waals surface area (Å²) in [5.74, 6) is 0. The molecule has 0 bridgehead atoms. The molecule has 0 saturated carbocycles. The molecule has 0 aromatic rings. The van der Waals surface area contributed by atoms with Crippen LogP contribution in [0.3, 0.4) is 0 Å². The summed E-state index contributed by atoms with van der Waals surface area (Å²) >= 11 is 0. The Balaban J connectivity index is 2.14. The van der Waals surface area contributed by atoms with Gasteiger partial charge in [0.15, 0.2) is 0 Å². The van der Waals surface area contributed by atoms with Gasteiger partial charge in [0, 0.05) is 24.7 Å². The van der Waals surface area contributed by atoms with Crippen molar-refractivity contribution in [1.29, 1.82) is 0 Å². The van der Waals surface area contributed by atoms with Crippen LogP contribution in [-0.4, -0.2) is 43.2 Å². The first-order valence-corrected chi connectivity index (χ1v) is 4.93. The molecule has 2 saturated heterocycles. The van der Waals surface area contributed by atoms with Crippen molar-refractivity contribution in [1.82, 2.24) is 10.2 Å². The van der Waals surface area contributed by atoms with Crippen LogP contribution in [0.4, 0.5) is 0 Å². The number of nitrogens with two attached hydrogens (primary N) is 1. The minimum atomic E-state index is 0.290. The van der Waals surface area contributed by atoms with E-state index in [1.165, 1.54) is 25.9 Å². The van der Waals surface area contributed by atoms with E-state index in [4.69, 9.17) is 5.73 Å². The Bertz CT molecular complexity index is 151. The second-order valence-electron chi connectivity index (χ2n) is 4.20. The lowest BCUT2D eigenvalue weighted by Gasteiger charge is -2.42. The number of nitrogens with zero attached hydrogens (tertiary/aromatic N) is 1. The highest BCUT2D eigenvalue weighted by Crippen LogP contribution is 2.32. The number of piperidine rings is 1. The zero-order valence-electron chi connectivity index (χ0n) is 7.84. The maximum Gasteiger partial charge on any atom is 0.0482 e. The number of nitrogens with one attached hydrogen (secondary N) is 1. The van der Waals surface area contributed by atoms with Gasteiger partial charge in [-0.3, -0.25) is 4.90 Å². The van der Waals surface area contributed by atoms with Crippen LogP contribution in [0.2, 0.25) is 0 Å². The molecule has 2 unspecified atom stereocenters. The number of hydrogen-bond acceptors (Lipinski definition) is 3. The van der Waals surface area contributed by atoms with Gasteiger partial charge in [-0.1, -0.05) is 0 Å². The average Bonchev–Trinajstić information content (AvgIpc) is 2.36. The highest BCUT2D eigenvalue weighted by atomic mass is 15.3. The molecule has 3 nitrogen and oxygen atoms in total. The Morgan fingerprint density at radius 2 is 2.42 bits per heavy atom. The summed E-state index contributed by atoms with van der Waals surface area (Å²) in [5.41, 5.74) is 6.44. The van der Waals surface area contributed by atoms with Crippen LogP contribution in [0.1, 0.15) is 19.3 Å². The van der Waals surface area contributed by atoms with Gasteiger partial charge in [-0.05, 0) is 32.9 Å². The fraction of sp³-hybridized carbons (Fsp3) is 1.00. The molecule has 0 aromatic carbocycles. The predicted octanol–water partition coefficient (Wildman–Crippen LogP) is -0.229. The quantitative estimate of drug-likeness (QED) is 0.526. The maximum atomic E-state index is 6.15. The number of likely N-dealkylation sites (N-methyl/N-ethyl adjacent to an activating group) is 1. The predicted molar refractivity (Wildman–Crippen MR) is 50.1 cm³/mol. The van der Waals surface area contributed by atoms with Gasteiger partial charge in [-0.15, -0.1) is 0 Å². The molecule has 2 aliphatic rings. The summed E-state index contributed by atoms with van der Waals surface area (Å²) in [6.07, 6.45) is 3.72. The molecule has 0 aromatic heterocycles. The molecule has 0 amide bonds. The maximum absolute atomic E-state index is 6.15. The lowest BCUT2D eigenvalue weighted by atomic mass is 9.84. The van der Waals surface area contributed by atoms with E-state index in [0.29, 0.717) is 6.04 Å². The van der Waals surface area contributed by atoms with Gasteiger partial charge >= 0.3 is 0 Å². The van der Waals surface area contributed by atoms with E-state index in [1.807, 2.05) is 0 Å². The van der Waals surface area contributed by atoms with Gasteiger partial charge in [-0.2, -0.15) is 0 Å². The molecule has 0 aliphatic carbocycles. The van der Waals surface area contributed by atoms with Crippen molar-refractivity contribution in [2.45, 2.75) is 30.8 Å². The molecule has 0 radical (unpaired) electrons. The summed E-state index contributed by atoms with van der Waals surface area (Å²) in [6.45, 7) is 3.43. The van der Waals surface area contributed by atoms with Crippen molar-refractivity contribution < 1.29 is 0 Å². The molecular formula is C9H19N3. The fourth-order valence-corrected chi connectivity index (χ4v) is 2.66. The smallest absolute Gasteiger partial charge is 0.0482 e.